The Morgan fingerprint density at radius 1 is 1.11 bits per heavy atom. The van der Waals surface area contributed by atoms with Gasteiger partial charge in [-0.05, 0) is 30.7 Å². The summed E-state index contributed by atoms with van der Waals surface area (Å²) in [5.41, 5.74) is 1.84. The van der Waals surface area contributed by atoms with Crippen molar-refractivity contribution in [1.82, 2.24) is 29.9 Å². The van der Waals surface area contributed by atoms with Gasteiger partial charge in [-0.3, -0.25) is 4.79 Å². The van der Waals surface area contributed by atoms with Crippen LogP contribution in [0.4, 0.5) is 10.2 Å². The third-order valence-corrected chi connectivity index (χ3v) is 4.97. The standard InChI is InChI=1S/C19H22FN7O/c1-2-3-4-16(28)25-9-11-26(12-10-25)18-17-19(22-13-21-18)27(24-23-17)15-7-5-14(20)6-8-15/h5-8,13H,2-4,9-12H2,1H3. The van der Waals surface area contributed by atoms with Gasteiger partial charge in [-0.1, -0.05) is 18.6 Å². The van der Waals surface area contributed by atoms with Crippen LogP contribution in [0.15, 0.2) is 30.6 Å². The molecule has 0 atom stereocenters. The minimum absolute atomic E-state index is 0.219. The highest BCUT2D eigenvalue weighted by Crippen LogP contribution is 2.23. The van der Waals surface area contributed by atoms with Crippen LogP contribution in [0.5, 0.6) is 0 Å². The molecule has 9 heteroatoms. The van der Waals surface area contributed by atoms with Gasteiger partial charge in [0.2, 0.25) is 5.91 Å². The van der Waals surface area contributed by atoms with Crippen molar-refractivity contribution in [1.29, 1.82) is 0 Å². The van der Waals surface area contributed by atoms with Crippen molar-refractivity contribution < 1.29 is 9.18 Å². The van der Waals surface area contributed by atoms with Crippen molar-refractivity contribution in [3.63, 3.8) is 0 Å². The van der Waals surface area contributed by atoms with Gasteiger partial charge in [0.25, 0.3) is 0 Å². The third kappa shape index (κ3) is 3.51. The van der Waals surface area contributed by atoms with Crippen LogP contribution in [0.2, 0.25) is 0 Å². The van der Waals surface area contributed by atoms with Crippen molar-refractivity contribution in [3.8, 4) is 5.69 Å². The Morgan fingerprint density at radius 2 is 1.86 bits per heavy atom. The Kier molecular flexibility index (Phi) is 5.14. The lowest BCUT2D eigenvalue weighted by Gasteiger charge is -2.35. The van der Waals surface area contributed by atoms with Gasteiger partial charge >= 0.3 is 0 Å². The number of anilines is 1. The average molecular weight is 383 g/mol. The van der Waals surface area contributed by atoms with Gasteiger partial charge in [0.15, 0.2) is 17.0 Å². The zero-order valence-corrected chi connectivity index (χ0v) is 15.8. The number of carbonyl (C=O) groups is 1. The van der Waals surface area contributed by atoms with Crippen molar-refractivity contribution in [3.05, 3.63) is 36.4 Å². The van der Waals surface area contributed by atoms with E-state index in [-0.39, 0.29) is 11.7 Å². The van der Waals surface area contributed by atoms with E-state index in [0.717, 1.165) is 12.8 Å². The highest BCUT2D eigenvalue weighted by molar-refractivity contribution is 5.84. The quantitative estimate of drug-likeness (QED) is 0.672. The Hall–Kier alpha value is -3.10. The fourth-order valence-electron chi connectivity index (χ4n) is 3.38. The van der Waals surface area contributed by atoms with Crippen molar-refractivity contribution >= 4 is 22.9 Å². The number of fused-ring (bicyclic) bond motifs is 1. The largest absolute Gasteiger partial charge is 0.351 e. The summed E-state index contributed by atoms with van der Waals surface area (Å²) >= 11 is 0. The normalized spacial score (nSPS) is 14.6. The molecule has 1 aliphatic heterocycles. The number of unbranched alkanes of at least 4 members (excludes halogenated alkanes) is 1. The molecule has 1 saturated heterocycles. The summed E-state index contributed by atoms with van der Waals surface area (Å²) in [5.74, 6) is 0.616. The van der Waals surface area contributed by atoms with Gasteiger partial charge < -0.3 is 9.80 Å². The molecule has 0 N–H and O–H groups in total. The van der Waals surface area contributed by atoms with Crippen LogP contribution >= 0.6 is 0 Å². The zero-order valence-electron chi connectivity index (χ0n) is 15.8. The van der Waals surface area contributed by atoms with E-state index >= 15 is 0 Å². The maximum atomic E-state index is 13.2. The van der Waals surface area contributed by atoms with Crippen LogP contribution < -0.4 is 4.90 Å². The predicted octanol–water partition coefficient (Wildman–Crippen LogP) is 2.19. The molecule has 4 rings (SSSR count). The van der Waals surface area contributed by atoms with E-state index < -0.39 is 0 Å². The number of nitrogens with zero attached hydrogens (tertiary/aromatic N) is 7. The van der Waals surface area contributed by atoms with Crippen molar-refractivity contribution in [2.24, 2.45) is 0 Å². The Bertz CT molecular complexity index is 964. The highest BCUT2D eigenvalue weighted by Gasteiger charge is 2.24. The second kappa shape index (κ2) is 7.87. The highest BCUT2D eigenvalue weighted by atomic mass is 19.1. The van der Waals surface area contributed by atoms with Crippen LogP contribution in [0.3, 0.4) is 0 Å². The van der Waals surface area contributed by atoms with E-state index in [1.807, 2.05) is 4.90 Å². The number of piperazine rings is 1. The molecule has 146 valence electrons. The van der Waals surface area contributed by atoms with Crippen LogP contribution in [0.1, 0.15) is 26.2 Å². The number of hydrogen-bond donors (Lipinski definition) is 0. The summed E-state index contributed by atoms with van der Waals surface area (Å²) in [7, 11) is 0. The molecule has 28 heavy (non-hydrogen) atoms. The molecule has 0 spiro atoms. The van der Waals surface area contributed by atoms with Gasteiger partial charge in [0.1, 0.15) is 12.1 Å². The Balaban J connectivity index is 1.54. The lowest BCUT2D eigenvalue weighted by atomic mass is 10.2. The van der Waals surface area contributed by atoms with Gasteiger partial charge in [-0.2, -0.15) is 4.68 Å². The molecule has 1 fully saturated rings. The first-order chi connectivity index (χ1) is 13.7. The Morgan fingerprint density at radius 3 is 2.57 bits per heavy atom. The van der Waals surface area contributed by atoms with E-state index in [1.54, 1.807) is 16.8 Å². The fraction of sp³-hybridized carbons (Fsp3) is 0.421. The first-order valence-corrected chi connectivity index (χ1v) is 9.52. The second-order valence-electron chi connectivity index (χ2n) is 6.82. The number of benzene rings is 1. The number of rotatable bonds is 5. The van der Waals surface area contributed by atoms with E-state index in [0.29, 0.717) is 55.3 Å². The van der Waals surface area contributed by atoms with Crippen LogP contribution in [-0.2, 0) is 4.79 Å². The molecule has 8 nitrogen and oxygen atoms in total. The SMILES string of the molecule is CCCCC(=O)N1CCN(c2ncnc3c2nnn3-c2ccc(F)cc2)CC1. The summed E-state index contributed by atoms with van der Waals surface area (Å²) in [6.45, 7) is 4.80. The first kappa shape index (κ1) is 18.3. The number of halogens is 1. The number of aromatic nitrogens is 5. The lowest BCUT2D eigenvalue weighted by molar-refractivity contribution is -0.131. The molecule has 3 aromatic rings. The minimum Gasteiger partial charge on any atom is -0.351 e. The monoisotopic (exact) mass is 383 g/mol. The number of amides is 1. The first-order valence-electron chi connectivity index (χ1n) is 9.52. The molecular formula is C19H22FN7O. The smallest absolute Gasteiger partial charge is 0.222 e. The van der Waals surface area contributed by atoms with Gasteiger partial charge in [0.05, 0.1) is 5.69 Å². The topological polar surface area (TPSA) is 80.0 Å². The van der Waals surface area contributed by atoms with Crippen LogP contribution in [0.25, 0.3) is 16.9 Å². The summed E-state index contributed by atoms with van der Waals surface area (Å²) in [4.78, 5) is 25.0. The molecule has 1 aromatic carbocycles. The molecule has 0 unspecified atom stereocenters. The van der Waals surface area contributed by atoms with Gasteiger partial charge in [0, 0.05) is 32.6 Å². The molecule has 0 aliphatic carbocycles. The number of hydrogen-bond acceptors (Lipinski definition) is 6. The fourth-order valence-corrected chi connectivity index (χ4v) is 3.38. The van der Waals surface area contributed by atoms with Crippen molar-refractivity contribution in [2.45, 2.75) is 26.2 Å². The Labute approximate surface area is 162 Å². The van der Waals surface area contributed by atoms with Gasteiger partial charge in [-0.15, -0.1) is 5.10 Å². The second-order valence-corrected chi connectivity index (χ2v) is 6.82. The molecular weight excluding hydrogens is 361 g/mol. The summed E-state index contributed by atoms with van der Waals surface area (Å²) in [5, 5.41) is 8.44. The van der Waals surface area contributed by atoms with E-state index in [2.05, 4.69) is 32.1 Å². The van der Waals surface area contributed by atoms with Gasteiger partial charge in [-0.25, -0.2) is 14.4 Å². The predicted molar refractivity (Wildman–Crippen MR) is 103 cm³/mol. The van der Waals surface area contributed by atoms with Crippen LogP contribution in [0, 0.1) is 5.82 Å². The summed E-state index contributed by atoms with van der Waals surface area (Å²) < 4.78 is 14.8. The van der Waals surface area contributed by atoms with Crippen molar-refractivity contribution in [2.75, 3.05) is 31.1 Å². The number of carbonyl (C=O) groups excluding carboxylic acids is 1. The third-order valence-electron chi connectivity index (χ3n) is 4.97. The zero-order chi connectivity index (χ0) is 19.5. The average Bonchev–Trinajstić information content (AvgIpc) is 3.17. The summed E-state index contributed by atoms with van der Waals surface area (Å²) in [6, 6.07) is 6.01. The molecule has 0 saturated carbocycles. The van der Waals surface area contributed by atoms with E-state index in [1.165, 1.54) is 18.5 Å². The lowest BCUT2D eigenvalue weighted by Crippen LogP contribution is -2.49. The maximum absolute atomic E-state index is 13.2. The molecule has 2 aromatic heterocycles. The molecule has 0 bridgehead atoms. The van der Waals surface area contributed by atoms with Crippen LogP contribution in [-0.4, -0.2) is 61.9 Å². The minimum atomic E-state index is -0.310. The molecule has 0 radical (unpaired) electrons. The van der Waals surface area contributed by atoms with E-state index in [9.17, 15) is 9.18 Å². The molecule has 1 aliphatic rings. The summed E-state index contributed by atoms with van der Waals surface area (Å²) in [6.07, 6.45) is 4.05. The molecule has 1 amide bonds. The maximum Gasteiger partial charge on any atom is 0.222 e. The van der Waals surface area contributed by atoms with E-state index in [4.69, 9.17) is 0 Å². The molecule has 3 heterocycles.